The molecule has 138 valence electrons. The number of hydrogen-bond acceptors (Lipinski definition) is 6. The number of nitrogens with zero attached hydrogens (tertiary/aromatic N) is 1. The molecule has 9 heteroatoms. The van der Waals surface area contributed by atoms with Crippen molar-refractivity contribution in [1.82, 2.24) is 15.2 Å². The van der Waals surface area contributed by atoms with E-state index >= 15 is 0 Å². The lowest BCUT2D eigenvalue weighted by Crippen LogP contribution is -2.50. The largest absolute Gasteiger partial charge is 0.491 e. The SMILES string of the molecule is COc1c[nH]c(C(=O)N[C@H]2COC[C@@H]2N2CCCC2)cc1=O.O=CO. The molecule has 0 bridgehead atoms. The highest BCUT2D eigenvalue weighted by atomic mass is 16.5. The van der Waals surface area contributed by atoms with Crippen LogP contribution in [0, 0.1) is 0 Å². The number of aromatic nitrogens is 1. The minimum Gasteiger partial charge on any atom is -0.491 e. The fourth-order valence-corrected chi connectivity index (χ4v) is 3.11. The highest BCUT2D eigenvalue weighted by Gasteiger charge is 2.35. The van der Waals surface area contributed by atoms with E-state index in [2.05, 4.69) is 15.2 Å². The molecule has 25 heavy (non-hydrogen) atoms. The van der Waals surface area contributed by atoms with Crippen LogP contribution in [0.5, 0.6) is 5.75 Å². The van der Waals surface area contributed by atoms with E-state index in [0.717, 1.165) is 13.1 Å². The number of likely N-dealkylation sites (tertiary alicyclic amines) is 1. The fraction of sp³-hybridized carbons (Fsp3) is 0.562. The fourth-order valence-electron chi connectivity index (χ4n) is 3.11. The van der Waals surface area contributed by atoms with Crippen molar-refractivity contribution in [3.63, 3.8) is 0 Å². The number of carboxylic acid groups (broad SMARTS) is 1. The lowest BCUT2D eigenvalue weighted by atomic mass is 10.1. The summed E-state index contributed by atoms with van der Waals surface area (Å²) in [6.07, 6.45) is 3.80. The molecule has 0 aliphatic carbocycles. The first kappa shape index (κ1) is 18.9. The molecule has 3 rings (SSSR count). The molecular weight excluding hydrogens is 330 g/mol. The van der Waals surface area contributed by atoms with Crippen molar-refractivity contribution in [3.05, 3.63) is 28.2 Å². The minimum atomic E-state index is -0.315. The van der Waals surface area contributed by atoms with Crippen LogP contribution in [0.15, 0.2) is 17.1 Å². The van der Waals surface area contributed by atoms with Gasteiger partial charge in [0.05, 0.1) is 32.4 Å². The van der Waals surface area contributed by atoms with Gasteiger partial charge in [0.25, 0.3) is 12.4 Å². The van der Waals surface area contributed by atoms with Gasteiger partial charge in [-0.25, -0.2) is 0 Å². The van der Waals surface area contributed by atoms with Gasteiger partial charge < -0.3 is 24.9 Å². The van der Waals surface area contributed by atoms with E-state index in [0.29, 0.717) is 13.2 Å². The van der Waals surface area contributed by atoms with Crippen LogP contribution in [0.25, 0.3) is 0 Å². The van der Waals surface area contributed by atoms with Crippen LogP contribution in [0.1, 0.15) is 23.3 Å². The number of H-pyrrole nitrogens is 1. The van der Waals surface area contributed by atoms with E-state index in [9.17, 15) is 9.59 Å². The molecule has 1 aromatic heterocycles. The summed E-state index contributed by atoms with van der Waals surface area (Å²) in [6.45, 7) is 3.01. The summed E-state index contributed by atoms with van der Waals surface area (Å²) < 4.78 is 10.4. The van der Waals surface area contributed by atoms with E-state index in [1.807, 2.05) is 0 Å². The molecular formula is C16H23N3O6. The second-order valence-corrected chi connectivity index (χ2v) is 5.81. The topological polar surface area (TPSA) is 121 Å². The van der Waals surface area contributed by atoms with E-state index in [-0.39, 0.29) is 41.3 Å². The van der Waals surface area contributed by atoms with Crippen LogP contribution in [-0.2, 0) is 9.53 Å². The molecule has 2 atom stereocenters. The number of nitrogens with one attached hydrogen (secondary N) is 2. The van der Waals surface area contributed by atoms with Crippen molar-refractivity contribution in [3.8, 4) is 5.75 Å². The van der Waals surface area contributed by atoms with Crippen LogP contribution < -0.4 is 15.5 Å². The summed E-state index contributed by atoms with van der Waals surface area (Å²) in [5.41, 5.74) is -0.0805. The Morgan fingerprint density at radius 2 is 2.12 bits per heavy atom. The zero-order chi connectivity index (χ0) is 18.2. The van der Waals surface area contributed by atoms with Crippen LogP contribution in [0.3, 0.4) is 0 Å². The number of methoxy groups -OCH3 is 1. The predicted octanol–water partition coefficient (Wildman–Crippen LogP) is -0.323. The average Bonchev–Trinajstić information content (AvgIpc) is 3.26. The van der Waals surface area contributed by atoms with Crippen LogP contribution in [0.4, 0.5) is 0 Å². The first-order chi connectivity index (χ1) is 12.1. The number of rotatable bonds is 4. The maximum absolute atomic E-state index is 12.3. The Kier molecular flexibility index (Phi) is 6.96. The third-order valence-corrected chi connectivity index (χ3v) is 4.32. The first-order valence-electron chi connectivity index (χ1n) is 8.08. The normalized spacial score (nSPS) is 22.8. The molecule has 1 amide bonds. The van der Waals surface area contributed by atoms with Crippen molar-refractivity contribution >= 4 is 12.4 Å². The van der Waals surface area contributed by atoms with Crippen molar-refractivity contribution in [2.75, 3.05) is 33.4 Å². The molecule has 0 spiro atoms. The molecule has 0 aromatic carbocycles. The number of carbonyl (C=O) groups excluding carboxylic acids is 1. The van der Waals surface area contributed by atoms with Crippen molar-refractivity contribution in [2.24, 2.45) is 0 Å². The minimum absolute atomic E-state index is 0.0452. The first-order valence-corrected chi connectivity index (χ1v) is 8.08. The van der Waals surface area contributed by atoms with Crippen LogP contribution in [0.2, 0.25) is 0 Å². The predicted molar refractivity (Wildman–Crippen MR) is 89.0 cm³/mol. The molecule has 2 saturated heterocycles. The number of aromatic amines is 1. The quantitative estimate of drug-likeness (QED) is 0.634. The monoisotopic (exact) mass is 353 g/mol. The van der Waals surface area contributed by atoms with Crippen LogP contribution in [-0.4, -0.2) is 72.9 Å². The molecule has 1 aromatic rings. The van der Waals surface area contributed by atoms with Gasteiger partial charge in [-0.1, -0.05) is 0 Å². The van der Waals surface area contributed by atoms with Crippen molar-refractivity contribution in [1.29, 1.82) is 0 Å². The Morgan fingerprint density at radius 1 is 1.44 bits per heavy atom. The van der Waals surface area contributed by atoms with Gasteiger partial charge in [-0.05, 0) is 25.9 Å². The lowest BCUT2D eigenvalue weighted by molar-refractivity contribution is -0.122. The molecule has 0 radical (unpaired) electrons. The third-order valence-electron chi connectivity index (χ3n) is 4.32. The van der Waals surface area contributed by atoms with Gasteiger partial charge in [0.1, 0.15) is 5.69 Å². The highest BCUT2D eigenvalue weighted by Crippen LogP contribution is 2.19. The number of pyridine rings is 1. The summed E-state index contributed by atoms with van der Waals surface area (Å²) in [6, 6.07) is 1.43. The summed E-state index contributed by atoms with van der Waals surface area (Å²) in [7, 11) is 1.42. The molecule has 2 aliphatic rings. The van der Waals surface area contributed by atoms with Gasteiger partial charge in [0.15, 0.2) is 5.75 Å². The van der Waals surface area contributed by atoms with E-state index in [1.165, 1.54) is 32.2 Å². The average molecular weight is 353 g/mol. The highest BCUT2D eigenvalue weighted by molar-refractivity contribution is 5.92. The Labute approximate surface area is 144 Å². The Morgan fingerprint density at radius 3 is 2.72 bits per heavy atom. The third kappa shape index (κ3) is 4.80. The second kappa shape index (κ2) is 9.19. The van der Waals surface area contributed by atoms with Gasteiger partial charge in [-0.15, -0.1) is 0 Å². The van der Waals surface area contributed by atoms with Gasteiger partial charge in [-0.3, -0.25) is 19.3 Å². The molecule has 3 heterocycles. The van der Waals surface area contributed by atoms with Gasteiger partial charge in [0.2, 0.25) is 5.43 Å². The lowest BCUT2D eigenvalue weighted by Gasteiger charge is -2.27. The zero-order valence-corrected chi connectivity index (χ0v) is 14.1. The molecule has 2 fully saturated rings. The maximum Gasteiger partial charge on any atom is 0.290 e. The summed E-state index contributed by atoms with van der Waals surface area (Å²) >= 11 is 0. The standard InChI is InChI=1S/C15H21N3O4.CH2O2/c1-21-14-7-16-10(6-13(14)19)15(20)17-11-8-22-9-12(11)18-4-2-3-5-18;2-1-3/h6-7,11-12H,2-5,8-9H2,1H3,(H,16,19)(H,17,20);1H,(H,2,3)/t11-,12-;/m0./s1. The zero-order valence-electron chi connectivity index (χ0n) is 14.1. The number of hydrogen-bond donors (Lipinski definition) is 3. The molecule has 3 N–H and O–H groups in total. The Bertz CT molecular complexity index is 641. The van der Waals surface area contributed by atoms with Gasteiger partial charge in [-0.2, -0.15) is 0 Å². The summed E-state index contributed by atoms with van der Waals surface area (Å²) in [5.74, 6) is -0.102. The maximum atomic E-state index is 12.3. The van der Waals surface area contributed by atoms with Crippen molar-refractivity contribution in [2.45, 2.75) is 24.9 Å². The molecule has 9 nitrogen and oxygen atoms in total. The van der Waals surface area contributed by atoms with Gasteiger partial charge >= 0.3 is 0 Å². The number of amides is 1. The number of carbonyl (C=O) groups is 2. The van der Waals surface area contributed by atoms with E-state index in [1.54, 1.807) is 0 Å². The van der Waals surface area contributed by atoms with Gasteiger partial charge in [0, 0.05) is 12.3 Å². The molecule has 2 aliphatic heterocycles. The summed E-state index contributed by atoms with van der Waals surface area (Å²) in [5, 5.41) is 9.86. The number of ether oxygens (including phenoxy) is 2. The van der Waals surface area contributed by atoms with Crippen LogP contribution >= 0.6 is 0 Å². The smallest absolute Gasteiger partial charge is 0.290 e. The summed E-state index contributed by atoms with van der Waals surface area (Å²) in [4.78, 5) is 37.6. The Hall–Kier alpha value is -2.39. The Balaban J connectivity index is 0.000000701. The molecule has 0 unspecified atom stereocenters. The second-order valence-electron chi connectivity index (χ2n) is 5.81. The molecule has 0 saturated carbocycles. The van der Waals surface area contributed by atoms with E-state index < -0.39 is 0 Å². The van der Waals surface area contributed by atoms with E-state index in [4.69, 9.17) is 19.4 Å². The van der Waals surface area contributed by atoms with Crippen molar-refractivity contribution < 1.29 is 24.2 Å².